The zero-order chi connectivity index (χ0) is 15.4. The minimum absolute atomic E-state index is 0.0134. The number of rotatable bonds is 4. The van der Waals surface area contributed by atoms with Gasteiger partial charge in [0.1, 0.15) is 0 Å². The van der Waals surface area contributed by atoms with Crippen LogP contribution in [0.4, 0.5) is 5.69 Å². The summed E-state index contributed by atoms with van der Waals surface area (Å²) in [5, 5.41) is 3.40. The van der Waals surface area contributed by atoms with Gasteiger partial charge in [-0.3, -0.25) is 9.59 Å². The molecule has 1 aromatic carbocycles. The SMILES string of the molecule is CC(=O)NCC1CCN(c2ccc(C(C)=O)c(Cl)c2)CC1. The average molecular weight is 309 g/mol. The molecule has 4 nitrogen and oxygen atoms in total. The molecular weight excluding hydrogens is 288 g/mol. The fourth-order valence-corrected chi connectivity index (χ4v) is 2.98. The Morgan fingerprint density at radius 1 is 1.29 bits per heavy atom. The Kier molecular flexibility index (Phi) is 5.23. The maximum Gasteiger partial charge on any atom is 0.216 e. The highest BCUT2D eigenvalue weighted by molar-refractivity contribution is 6.34. The van der Waals surface area contributed by atoms with Gasteiger partial charge in [-0.1, -0.05) is 11.6 Å². The molecule has 0 aromatic heterocycles. The largest absolute Gasteiger partial charge is 0.371 e. The van der Waals surface area contributed by atoms with E-state index in [1.807, 2.05) is 12.1 Å². The molecule has 0 aliphatic carbocycles. The van der Waals surface area contributed by atoms with Gasteiger partial charge in [0, 0.05) is 37.8 Å². The monoisotopic (exact) mass is 308 g/mol. The first-order valence-electron chi connectivity index (χ1n) is 7.27. The highest BCUT2D eigenvalue weighted by Crippen LogP contribution is 2.27. The Bertz CT molecular complexity index is 537. The van der Waals surface area contributed by atoms with Crippen molar-refractivity contribution in [2.24, 2.45) is 5.92 Å². The second-order valence-corrected chi connectivity index (χ2v) is 6.00. The zero-order valence-corrected chi connectivity index (χ0v) is 13.2. The normalized spacial score (nSPS) is 15.9. The number of piperidine rings is 1. The van der Waals surface area contributed by atoms with E-state index in [-0.39, 0.29) is 11.7 Å². The van der Waals surface area contributed by atoms with E-state index < -0.39 is 0 Å². The quantitative estimate of drug-likeness (QED) is 0.870. The minimum Gasteiger partial charge on any atom is -0.371 e. The summed E-state index contributed by atoms with van der Waals surface area (Å²) in [7, 11) is 0. The van der Waals surface area contributed by atoms with Crippen LogP contribution in [0.15, 0.2) is 18.2 Å². The van der Waals surface area contributed by atoms with Crippen molar-refractivity contribution in [1.29, 1.82) is 0 Å². The van der Waals surface area contributed by atoms with E-state index in [4.69, 9.17) is 11.6 Å². The standard InChI is InChI=1S/C16H21ClN2O2/c1-11(20)15-4-3-14(9-16(15)17)19-7-5-13(6-8-19)10-18-12(2)21/h3-4,9,13H,5-8,10H2,1-2H3,(H,18,21). The molecule has 0 atom stereocenters. The van der Waals surface area contributed by atoms with Crippen LogP contribution in [0, 0.1) is 5.92 Å². The number of carbonyl (C=O) groups excluding carboxylic acids is 2. The van der Waals surface area contributed by atoms with Crippen LogP contribution in [0.1, 0.15) is 37.0 Å². The number of hydrogen-bond acceptors (Lipinski definition) is 3. The number of halogens is 1. The first kappa shape index (κ1) is 15.8. The van der Waals surface area contributed by atoms with Crippen molar-refractivity contribution in [1.82, 2.24) is 5.32 Å². The smallest absolute Gasteiger partial charge is 0.216 e. The number of anilines is 1. The van der Waals surface area contributed by atoms with Gasteiger partial charge < -0.3 is 10.2 Å². The van der Waals surface area contributed by atoms with Gasteiger partial charge in [-0.15, -0.1) is 0 Å². The number of Topliss-reactive ketones (excluding diaryl/α,β-unsaturated/α-hetero) is 1. The number of nitrogens with zero attached hydrogens (tertiary/aromatic N) is 1. The van der Waals surface area contributed by atoms with Crippen molar-refractivity contribution in [2.45, 2.75) is 26.7 Å². The van der Waals surface area contributed by atoms with Crippen molar-refractivity contribution in [3.05, 3.63) is 28.8 Å². The molecule has 1 heterocycles. The van der Waals surface area contributed by atoms with E-state index in [1.165, 1.54) is 6.92 Å². The molecule has 21 heavy (non-hydrogen) atoms. The summed E-state index contributed by atoms with van der Waals surface area (Å²) in [6.45, 7) is 5.72. The first-order chi connectivity index (χ1) is 9.97. The fraction of sp³-hybridized carbons (Fsp3) is 0.500. The van der Waals surface area contributed by atoms with Gasteiger partial charge in [0.15, 0.2) is 5.78 Å². The Labute approximate surface area is 130 Å². The van der Waals surface area contributed by atoms with E-state index >= 15 is 0 Å². The topological polar surface area (TPSA) is 49.4 Å². The van der Waals surface area contributed by atoms with E-state index in [0.29, 0.717) is 16.5 Å². The molecular formula is C16H21ClN2O2. The Morgan fingerprint density at radius 3 is 2.48 bits per heavy atom. The summed E-state index contributed by atoms with van der Waals surface area (Å²) in [5.74, 6) is 0.557. The van der Waals surface area contributed by atoms with Crippen LogP contribution in [0.3, 0.4) is 0 Å². The predicted molar refractivity (Wildman–Crippen MR) is 85.1 cm³/mol. The van der Waals surface area contributed by atoms with E-state index in [2.05, 4.69) is 10.2 Å². The van der Waals surface area contributed by atoms with Crippen LogP contribution < -0.4 is 10.2 Å². The molecule has 1 aliphatic heterocycles. The van der Waals surface area contributed by atoms with Crippen molar-refractivity contribution in [2.75, 3.05) is 24.5 Å². The lowest BCUT2D eigenvalue weighted by Gasteiger charge is -2.33. The highest BCUT2D eigenvalue weighted by atomic mass is 35.5. The van der Waals surface area contributed by atoms with Crippen molar-refractivity contribution >= 4 is 29.0 Å². The van der Waals surface area contributed by atoms with Crippen LogP contribution in [-0.2, 0) is 4.79 Å². The molecule has 114 valence electrons. The lowest BCUT2D eigenvalue weighted by atomic mass is 9.96. The molecule has 0 saturated carbocycles. The summed E-state index contributed by atoms with van der Waals surface area (Å²) in [6, 6.07) is 5.62. The second-order valence-electron chi connectivity index (χ2n) is 5.59. The molecule has 1 aliphatic rings. The zero-order valence-electron chi connectivity index (χ0n) is 12.5. The van der Waals surface area contributed by atoms with Gasteiger partial charge in [0.2, 0.25) is 5.91 Å². The molecule has 0 radical (unpaired) electrons. The van der Waals surface area contributed by atoms with Gasteiger partial charge in [-0.05, 0) is 43.9 Å². The van der Waals surface area contributed by atoms with Crippen LogP contribution in [-0.4, -0.2) is 31.3 Å². The lowest BCUT2D eigenvalue weighted by Crippen LogP contribution is -2.38. The minimum atomic E-state index is -0.0134. The predicted octanol–water partition coefficient (Wildman–Crippen LogP) is 2.90. The number of amides is 1. The summed E-state index contributed by atoms with van der Waals surface area (Å²) in [5.41, 5.74) is 1.63. The third kappa shape index (κ3) is 4.21. The maximum absolute atomic E-state index is 11.4. The molecule has 1 fully saturated rings. The summed E-state index contributed by atoms with van der Waals surface area (Å²) >= 11 is 6.16. The number of hydrogen-bond donors (Lipinski definition) is 1. The van der Waals surface area contributed by atoms with Crippen LogP contribution in [0.2, 0.25) is 5.02 Å². The molecule has 2 rings (SSSR count). The molecule has 0 spiro atoms. The molecule has 0 bridgehead atoms. The molecule has 1 N–H and O–H groups in total. The van der Waals surface area contributed by atoms with Gasteiger partial charge in [0.25, 0.3) is 0 Å². The summed E-state index contributed by atoms with van der Waals surface area (Å²) in [6.07, 6.45) is 2.10. The summed E-state index contributed by atoms with van der Waals surface area (Å²) < 4.78 is 0. The average Bonchev–Trinajstić information content (AvgIpc) is 2.45. The van der Waals surface area contributed by atoms with E-state index in [9.17, 15) is 9.59 Å². The molecule has 5 heteroatoms. The molecule has 0 unspecified atom stereocenters. The maximum atomic E-state index is 11.4. The van der Waals surface area contributed by atoms with Gasteiger partial charge in [-0.2, -0.15) is 0 Å². The third-order valence-corrected chi connectivity index (χ3v) is 4.26. The Hall–Kier alpha value is -1.55. The fourth-order valence-electron chi connectivity index (χ4n) is 2.67. The Balaban J connectivity index is 1.94. The Morgan fingerprint density at radius 2 is 1.95 bits per heavy atom. The highest BCUT2D eigenvalue weighted by Gasteiger charge is 2.20. The summed E-state index contributed by atoms with van der Waals surface area (Å²) in [4.78, 5) is 24.6. The number of carbonyl (C=O) groups is 2. The van der Waals surface area contributed by atoms with Crippen molar-refractivity contribution < 1.29 is 9.59 Å². The van der Waals surface area contributed by atoms with E-state index in [1.54, 1.807) is 13.0 Å². The van der Waals surface area contributed by atoms with Crippen molar-refractivity contribution in [3.63, 3.8) is 0 Å². The third-order valence-electron chi connectivity index (χ3n) is 3.95. The van der Waals surface area contributed by atoms with Gasteiger partial charge in [-0.25, -0.2) is 0 Å². The first-order valence-corrected chi connectivity index (χ1v) is 7.65. The molecule has 1 aromatic rings. The van der Waals surface area contributed by atoms with Crippen molar-refractivity contribution in [3.8, 4) is 0 Å². The number of benzene rings is 1. The van der Waals surface area contributed by atoms with Gasteiger partial charge in [0.05, 0.1) is 5.02 Å². The van der Waals surface area contributed by atoms with Crippen LogP contribution >= 0.6 is 11.6 Å². The van der Waals surface area contributed by atoms with Gasteiger partial charge >= 0.3 is 0 Å². The van der Waals surface area contributed by atoms with Crippen LogP contribution in [0.25, 0.3) is 0 Å². The number of ketones is 1. The molecule has 1 saturated heterocycles. The molecule has 1 amide bonds. The van der Waals surface area contributed by atoms with Crippen LogP contribution in [0.5, 0.6) is 0 Å². The second kappa shape index (κ2) is 6.94. The lowest BCUT2D eigenvalue weighted by molar-refractivity contribution is -0.119. The van der Waals surface area contributed by atoms with E-state index in [0.717, 1.165) is 38.2 Å². The number of nitrogens with one attached hydrogen (secondary N) is 1.